The van der Waals surface area contributed by atoms with E-state index in [2.05, 4.69) is 5.32 Å². The van der Waals surface area contributed by atoms with Crippen LogP contribution in [-0.2, 0) is 19.1 Å². The number of nitrogens with zero attached hydrogens (tertiary/aromatic N) is 4. The predicted octanol–water partition coefficient (Wildman–Crippen LogP) is 1.48. The van der Waals surface area contributed by atoms with Crippen LogP contribution in [0.4, 0.5) is 5.82 Å². The van der Waals surface area contributed by atoms with Crippen molar-refractivity contribution in [2.24, 2.45) is 0 Å². The van der Waals surface area contributed by atoms with Gasteiger partial charge in [0.2, 0.25) is 5.91 Å². The van der Waals surface area contributed by atoms with E-state index in [9.17, 15) is 19.2 Å². The maximum absolute atomic E-state index is 13.7. The molecule has 1 atom stereocenters. The second-order valence-corrected chi connectivity index (χ2v) is 9.88. The number of esters is 1. The Bertz CT molecular complexity index is 1320. The number of rotatable bonds is 6. The molecule has 2 amide bonds. The summed E-state index contributed by atoms with van der Waals surface area (Å²) >= 11 is 6.50. The molecule has 2 aliphatic rings. The predicted molar refractivity (Wildman–Crippen MR) is 137 cm³/mol. The van der Waals surface area contributed by atoms with E-state index >= 15 is 0 Å². The average molecular weight is 516 g/mol. The molecule has 0 saturated carbocycles. The first-order chi connectivity index (χ1) is 16.7. The van der Waals surface area contributed by atoms with Crippen LogP contribution in [-0.4, -0.2) is 69.2 Å². The Morgan fingerprint density at radius 2 is 2.11 bits per heavy atom. The van der Waals surface area contributed by atoms with E-state index < -0.39 is 17.6 Å². The molecular formula is C23H25N5O5S2. The number of aromatic nitrogens is 2. The monoisotopic (exact) mass is 515 g/mol. The summed E-state index contributed by atoms with van der Waals surface area (Å²) in [7, 11) is 1.25. The molecule has 2 aromatic heterocycles. The standard InChI is InChI=1S/C23H25N5O5S2/c1-4-8-27-22(32)16(35-23(27)34)10-14-19(25-17-6-5-13(2)12-28(17)21(14)31)26-9-7-24-20(30)15(26)11-18(29)33-3/h5-6,10,12,15H,4,7-9,11H2,1-3H3,(H,24,30). The van der Waals surface area contributed by atoms with E-state index in [1.165, 1.54) is 22.5 Å². The second kappa shape index (κ2) is 10.2. The number of methoxy groups -OCH3 is 1. The summed E-state index contributed by atoms with van der Waals surface area (Å²) in [6.07, 6.45) is 3.69. The van der Waals surface area contributed by atoms with Gasteiger partial charge in [-0.25, -0.2) is 4.98 Å². The quantitative estimate of drug-likeness (QED) is 0.347. The highest BCUT2D eigenvalue weighted by molar-refractivity contribution is 8.26. The van der Waals surface area contributed by atoms with Crippen molar-refractivity contribution in [1.29, 1.82) is 0 Å². The van der Waals surface area contributed by atoms with Crippen LogP contribution in [0.15, 0.2) is 28.0 Å². The van der Waals surface area contributed by atoms with Crippen molar-refractivity contribution in [1.82, 2.24) is 19.6 Å². The number of amides is 2. The minimum absolute atomic E-state index is 0.148. The van der Waals surface area contributed by atoms with Gasteiger partial charge in [0.1, 0.15) is 21.8 Å². The Hall–Kier alpha value is -3.25. The van der Waals surface area contributed by atoms with Crippen LogP contribution in [0.2, 0.25) is 0 Å². The van der Waals surface area contributed by atoms with E-state index in [-0.39, 0.29) is 29.6 Å². The number of fused-ring (bicyclic) bond motifs is 1. The molecule has 0 radical (unpaired) electrons. The highest BCUT2D eigenvalue weighted by Crippen LogP contribution is 2.34. The van der Waals surface area contributed by atoms with Gasteiger partial charge in [-0.2, -0.15) is 0 Å². The second-order valence-electron chi connectivity index (χ2n) is 8.20. The van der Waals surface area contributed by atoms with Crippen molar-refractivity contribution in [3.05, 3.63) is 44.7 Å². The number of pyridine rings is 1. The van der Waals surface area contributed by atoms with Crippen LogP contribution >= 0.6 is 24.0 Å². The van der Waals surface area contributed by atoms with Crippen LogP contribution in [0.1, 0.15) is 30.9 Å². The third-order valence-corrected chi connectivity index (χ3v) is 7.15. The Balaban J connectivity index is 1.91. The van der Waals surface area contributed by atoms with Crippen molar-refractivity contribution >= 4 is 63.6 Å². The van der Waals surface area contributed by atoms with Gasteiger partial charge in [0.15, 0.2) is 0 Å². The number of nitrogens with one attached hydrogen (secondary N) is 1. The number of aryl methyl sites for hydroxylation is 1. The van der Waals surface area contributed by atoms with E-state index in [1.54, 1.807) is 17.2 Å². The summed E-state index contributed by atoms with van der Waals surface area (Å²) in [5, 5.41) is 2.75. The number of carbonyl (C=O) groups is 3. The number of carbonyl (C=O) groups excluding carboxylic acids is 3. The lowest BCUT2D eigenvalue weighted by Crippen LogP contribution is -2.57. The zero-order valence-corrected chi connectivity index (χ0v) is 21.2. The number of hydrogen-bond donors (Lipinski definition) is 1. The highest BCUT2D eigenvalue weighted by Gasteiger charge is 2.36. The Morgan fingerprint density at radius 3 is 2.83 bits per heavy atom. The highest BCUT2D eigenvalue weighted by atomic mass is 32.2. The fourth-order valence-electron chi connectivity index (χ4n) is 4.05. The Labute approximate surface area is 211 Å². The molecule has 2 fully saturated rings. The van der Waals surface area contributed by atoms with Gasteiger partial charge in [-0.3, -0.25) is 28.5 Å². The first-order valence-corrected chi connectivity index (χ1v) is 12.4. The smallest absolute Gasteiger partial charge is 0.308 e. The fourth-order valence-corrected chi connectivity index (χ4v) is 5.34. The van der Waals surface area contributed by atoms with Crippen LogP contribution in [0.3, 0.4) is 0 Å². The Morgan fingerprint density at radius 1 is 1.34 bits per heavy atom. The SMILES string of the molecule is CCCN1C(=O)C(=Cc2c(N3CCNC(=O)C3CC(=O)OC)nc3ccc(C)cn3c2=O)SC1=S. The molecule has 10 nitrogen and oxygen atoms in total. The minimum atomic E-state index is -0.919. The molecule has 2 aliphatic heterocycles. The molecule has 2 saturated heterocycles. The number of thiocarbonyl (C=S) groups is 1. The summed E-state index contributed by atoms with van der Waals surface area (Å²) in [5.41, 5.74) is 0.997. The number of piperazine rings is 1. The number of anilines is 1. The summed E-state index contributed by atoms with van der Waals surface area (Å²) in [4.78, 5) is 59.6. The lowest BCUT2D eigenvalue weighted by Gasteiger charge is -2.36. The van der Waals surface area contributed by atoms with Crippen LogP contribution < -0.4 is 15.8 Å². The summed E-state index contributed by atoms with van der Waals surface area (Å²) in [6, 6.07) is 2.62. The third kappa shape index (κ3) is 4.80. The molecule has 4 rings (SSSR count). The normalized spacial score (nSPS) is 19.6. The zero-order valence-electron chi connectivity index (χ0n) is 19.6. The number of ether oxygens (including phenoxy) is 1. The van der Waals surface area contributed by atoms with Crippen molar-refractivity contribution in [3.63, 3.8) is 0 Å². The van der Waals surface area contributed by atoms with Crippen LogP contribution in [0, 0.1) is 6.92 Å². The number of hydrogen-bond acceptors (Lipinski definition) is 9. The average Bonchev–Trinajstić information content (AvgIpc) is 3.10. The molecule has 1 unspecified atom stereocenters. The van der Waals surface area contributed by atoms with E-state index in [1.807, 2.05) is 19.9 Å². The van der Waals surface area contributed by atoms with E-state index in [4.69, 9.17) is 21.9 Å². The maximum Gasteiger partial charge on any atom is 0.308 e. The molecule has 184 valence electrons. The van der Waals surface area contributed by atoms with E-state index in [0.717, 1.165) is 23.7 Å². The van der Waals surface area contributed by atoms with Crippen molar-refractivity contribution < 1.29 is 19.1 Å². The van der Waals surface area contributed by atoms with Crippen LogP contribution in [0.5, 0.6) is 0 Å². The molecule has 0 aromatic carbocycles. The first kappa shape index (κ1) is 24.9. The van der Waals surface area contributed by atoms with Gasteiger partial charge in [0, 0.05) is 25.8 Å². The lowest BCUT2D eigenvalue weighted by atomic mass is 10.1. The zero-order chi connectivity index (χ0) is 25.3. The third-order valence-electron chi connectivity index (χ3n) is 5.77. The van der Waals surface area contributed by atoms with Crippen molar-refractivity contribution in [2.45, 2.75) is 32.7 Å². The van der Waals surface area contributed by atoms with Gasteiger partial charge in [0.05, 0.1) is 24.0 Å². The lowest BCUT2D eigenvalue weighted by molar-refractivity contribution is -0.143. The summed E-state index contributed by atoms with van der Waals surface area (Å²) in [5.74, 6) is -0.979. The number of thioether (sulfide) groups is 1. The Kier molecular flexibility index (Phi) is 7.22. The van der Waals surface area contributed by atoms with Gasteiger partial charge >= 0.3 is 5.97 Å². The molecule has 0 spiro atoms. The van der Waals surface area contributed by atoms with E-state index in [0.29, 0.717) is 34.5 Å². The van der Waals surface area contributed by atoms with Crippen molar-refractivity contribution in [3.8, 4) is 0 Å². The fraction of sp³-hybridized carbons (Fsp3) is 0.391. The molecule has 0 aliphatic carbocycles. The molecule has 2 aromatic rings. The molecule has 35 heavy (non-hydrogen) atoms. The maximum atomic E-state index is 13.7. The molecular weight excluding hydrogens is 490 g/mol. The largest absolute Gasteiger partial charge is 0.469 e. The van der Waals surface area contributed by atoms with Gasteiger partial charge in [0.25, 0.3) is 11.5 Å². The van der Waals surface area contributed by atoms with Gasteiger partial charge in [-0.15, -0.1) is 0 Å². The van der Waals surface area contributed by atoms with Gasteiger partial charge in [-0.1, -0.05) is 37.0 Å². The summed E-state index contributed by atoms with van der Waals surface area (Å²) < 4.78 is 6.62. The molecule has 12 heteroatoms. The van der Waals surface area contributed by atoms with Crippen molar-refractivity contribution in [2.75, 3.05) is 31.6 Å². The first-order valence-electron chi connectivity index (χ1n) is 11.1. The minimum Gasteiger partial charge on any atom is -0.469 e. The van der Waals surface area contributed by atoms with Crippen LogP contribution in [0.25, 0.3) is 11.7 Å². The van der Waals surface area contributed by atoms with Gasteiger partial charge in [-0.05, 0) is 31.1 Å². The van der Waals surface area contributed by atoms with Gasteiger partial charge < -0.3 is 15.0 Å². The topological polar surface area (TPSA) is 113 Å². The molecule has 0 bridgehead atoms. The molecule has 1 N–H and O–H groups in total. The summed E-state index contributed by atoms with van der Waals surface area (Å²) in [6.45, 7) is 4.92. The molecule has 4 heterocycles.